The van der Waals surface area contributed by atoms with E-state index in [4.69, 9.17) is 15.9 Å². The molecule has 24 heavy (non-hydrogen) atoms. The highest BCUT2D eigenvalue weighted by atomic mass is 16.4. The summed E-state index contributed by atoms with van der Waals surface area (Å²) in [5.41, 5.74) is 5.95. The largest absolute Gasteiger partial charge is 0.509 e. The highest BCUT2D eigenvalue weighted by Crippen LogP contribution is 2.14. The van der Waals surface area contributed by atoms with E-state index >= 15 is 0 Å². The lowest BCUT2D eigenvalue weighted by atomic mass is 10.0. The van der Waals surface area contributed by atoms with Gasteiger partial charge in [0.25, 0.3) is 0 Å². The molecule has 0 fully saturated rings. The van der Waals surface area contributed by atoms with E-state index < -0.39 is 36.8 Å². The van der Waals surface area contributed by atoms with Crippen LogP contribution in [0.3, 0.4) is 0 Å². The zero-order valence-corrected chi connectivity index (χ0v) is 14.2. The Kier molecular flexibility index (Phi) is 9.76. The minimum Gasteiger partial charge on any atom is -0.509 e. The van der Waals surface area contributed by atoms with Gasteiger partial charge in [0.2, 0.25) is 0 Å². The lowest BCUT2D eigenvalue weighted by Crippen LogP contribution is -2.46. The molecule has 7 nitrogen and oxygen atoms in total. The number of benzene rings is 1. The first-order valence-corrected chi connectivity index (χ1v) is 7.55. The van der Waals surface area contributed by atoms with Gasteiger partial charge in [0.1, 0.15) is 30.2 Å². The van der Waals surface area contributed by atoms with Crippen molar-refractivity contribution in [2.45, 2.75) is 50.7 Å². The third-order valence-electron chi connectivity index (χ3n) is 2.67. The van der Waals surface area contributed by atoms with E-state index in [1.807, 2.05) is 20.8 Å². The van der Waals surface area contributed by atoms with Crippen LogP contribution in [0.2, 0.25) is 0 Å². The number of aliphatic hydroxyl groups excluding tert-OH is 6. The molecule has 0 aliphatic heterocycles. The maximum atomic E-state index is 9.64. The molecule has 0 spiro atoms. The highest BCUT2D eigenvalue weighted by molar-refractivity contribution is 5.51. The Labute approximate surface area is 142 Å². The normalized spacial score (nSPS) is 17.3. The van der Waals surface area contributed by atoms with E-state index in [-0.39, 0.29) is 5.54 Å². The van der Waals surface area contributed by atoms with E-state index in [9.17, 15) is 20.4 Å². The van der Waals surface area contributed by atoms with Crippen LogP contribution in [-0.2, 0) is 0 Å². The van der Waals surface area contributed by atoms with Crippen molar-refractivity contribution >= 4 is 6.08 Å². The van der Waals surface area contributed by atoms with Crippen LogP contribution in [0.15, 0.2) is 36.1 Å². The third kappa shape index (κ3) is 9.61. The van der Waals surface area contributed by atoms with Crippen molar-refractivity contribution in [2.75, 3.05) is 6.61 Å². The first kappa shape index (κ1) is 22.5. The van der Waals surface area contributed by atoms with Crippen LogP contribution in [0, 0.1) is 0 Å². The van der Waals surface area contributed by atoms with Gasteiger partial charge in [-0.15, -0.1) is 0 Å². The summed E-state index contributed by atoms with van der Waals surface area (Å²) in [6.07, 6.45) is -5.73. The first-order valence-electron chi connectivity index (χ1n) is 7.55. The molecule has 0 radical (unpaired) electrons. The molecule has 138 valence electrons. The molecule has 0 aromatic heterocycles. The lowest BCUT2D eigenvalue weighted by molar-refractivity contribution is -0.112. The molecular weight excluding hydrogens is 314 g/mol. The molecular formula is C17H29NO6. The molecule has 8 N–H and O–H groups in total. The molecule has 1 rings (SSSR count). The minimum absolute atomic E-state index is 0. The Balaban J connectivity index is 0.000000922. The molecule has 7 heteroatoms. The maximum Gasteiger partial charge on any atom is 0.139 e. The third-order valence-corrected chi connectivity index (χ3v) is 2.67. The van der Waals surface area contributed by atoms with Gasteiger partial charge >= 0.3 is 0 Å². The molecule has 0 heterocycles. The van der Waals surface area contributed by atoms with Crippen LogP contribution in [0.1, 0.15) is 26.3 Å². The summed E-state index contributed by atoms with van der Waals surface area (Å²) >= 11 is 0. The van der Waals surface area contributed by atoms with Gasteiger partial charge in [0.15, 0.2) is 0 Å². The fourth-order valence-corrected chi connectivity index (χ4v) is 1.50. The van der Waals surface area contributed by atoms with E-state index in [0.29, 0.717) is 5.56 Å². The average Bonchev–Trinajstić information content (AvgIpc) is 2.51. The molecule has 0 amide bonds. The smallest absolute Gasteiger partial charge is 0.139 e. The van der Waals surface area contributed by atoms with Crippen molar-refractivity contribution in [2.24, 2.45) is 5.73 Å². The Morgan fingerprint density at radius 2 is 1.50 bits per heavy atom. The Morgan fingerprint density at radius 1 is 1.04 bits per heavy atom. The van der Waals surface area contributed by atoms with Crippen molar-refractivity contribution in [3.05, 3.63) is 41.7 Å². The van der Waals surface area contributed by atoms with E-state index in [2.05, 4.69) is 0 Å². The maximum absolute atomic E-state index is 9.64. The second-order valence-electron chi connectivity index (χ2n) is 6.52. The van der Waals surface area contributed by atoms with Crippen LogP contribution in [0.5, 0.6) is 0 Å². The van der Waals surface area contributed by atoms with Gasteiger partial charge in [-0.25, -0.2) is 0 Å². The standard InChI is InChI=1S/C13H18O6.C4H11N/c14-7-10(16)12(18)13(19)11(17)9(15)6-8-4-2-1-3-5-8;1-4(2,3)5/h1-6,10-19H,7H2;5H2,1-3H3. The minimum atomic E-state index is -1.82. The van der Waals surface area contributed by atoms with Crippen molar-refractivity contribution in [3.63, 3.8) is 0 Å². The summed E-state index contributed by atoms with van der Waals surface area (Å²) in [5.74, 6) is -0.553. The van der Waals surface area contributed by atoms with Crippen molar-refractivity contribution in [1.82, 2.24) is 0 Å². The molecule has 1 aromatic rings. The number of nitrogens with two attached hydrogens (primary N) is 1. The summed E-state index contributed by atoms with van der Waals surface area (Å²) in [6.45, 7) is 5.13. The summed E-state index contributed by atoms with van der Waals surface area (Å²) in [5, 5.41) is 56.0. The Morgan fingerprint density at radius 3 is 1.92 bits per heavy atom. The molecule has 0 aliphatic rings. The zero-order valence-electron chi connectivity index (χ0n) is 14.2. The molecule has 0 bridgehead atoms. The molecule has 0 aliphatic carbocycles. The number of hydrogen-bond donors (Lipinski definition) is 7. The number of hydrogen-bond acceptors (Lipinski definition) is 7. The van der Waals surface area contributed by atoms with Crippen molar-refractivity contribution in [3.8, 4) is 0 Å². The molecule has 1 aromatic carbocycles. The van der Waals surface area contributed by atoms with Crippen LogP contribution >= 0.6 is 0 Å². The monoisotopic (exact) mass is 343 g/mol. The number of rotatable bonds is 6. The van der Waals surface area contributed by atoms with Gasteiger partial charge < -0.3 is 36.4 Å². The first-order chi connectivity index (χ1) is 11.0. The second-order valence-corrected chi connectivity index (χ2v) is 6.52. The molecule has 4 unspecified atom stereocenters. The predicted molar refractivity (Wildman–Crippen MR) is 92.1 cm³/mol. The van der Waals surface area contributed by atoms with Crippen LogP contribution in [0.25, 0.3) is 6.08 Å². The van der Waals surface area contributed by atoms with E-state index in [0.717, 1.165) is 0 Å². The SMILES string of the molecule is CC(C)(C)N.OCC(O)C(O)C(O)C(O)C(O)=Cc1ccccc1. The van der Waals surface area contributed by atoms with Crippen molar-refractivity contribution in [1.29, 1.82) is 0 Å². The fourth-order valence-electron chi connectivity index (χ4n) is 1.50. The quantitative estimate of drug-likeness (QED) is 0.353. The predicted octanol–water partition coefficient (Wildman–Crippen LogP) is -0.235. The number of aliphatic hydroxyl groups is 6. The zero-order chi connectivity index (χ0) is 18.9. The summed E-state index contributed by atoms with van der Waals surface area (Å²) in [4.78, 5) is 0. The fraction of sp³-hybridized carbons (Fsp3) is 0.529. The van der Waals surface area contributed by atoms with Crippen molar-refractivity contribution < 1.29 is 30.6 Å². The summed E-state index contributed by atoms with van der Waals surface area (Å²) in [7, 11) is 0. The van der Waals surface area contributed by atoms with Gasteiger partial charge in [0, 0.05) is 5.54 Å². The van der Waals surface area contributed by atoms with Crippen LogP contribution < -0.4 is 5.73 Å². The Bertz CT molecular complexity index is 480. The average molecular weight is 343 g/mol. The van der Waals surface area contributed by atoms with Gasteiger partial charge in [-0.05, 0) is 32.4 Å². The highest BCUT2D eigenvalue weighted by Gasteiger charge is 2.32. The molecule has 0 saturated carbocycles. The Hall–Kier alpha value is -1.48. The molecule has 4 atom stereocenters. The summed E-state index contributed by atoms with van der Waals surface area (Å²) < 4.78 is 0. The van der Waals surface area contributed by atoms with Gasteiger partial charge in [-0.3, -0.25) is 0 Å². The van der Waals surface area contributed by atoms with Crippen LogP contribution in [-0.4, -0.2) is 67.2 Å². The van der Waals surface area contributed by atoms with Gasteiger partial charge in [-0.2, -0.15) is 0 Å². The van der Waals surface area contributed by atoms with E-state index in [1.54, 1.807) is 30.3 Å². The van der Waals surface area contributed by atoms with Crippen LogP contribution in [0.4, 0.5) is 0 Å². The second kappa shape index (κ2) is 10.4. The summed E-state index contributed by atoms with van der Waals surface area (Å²) in [6, 6.07) is 8.59. The lowest BCUT2D eigenvalue weighted by Gasteiger charge is -2.25. The van der Waals surface area contributed by atoms with Gasteiger partial charge in [-0.1, -0.05) is 30.3 Å². The topological polar surface area (TPSA) is 147 Å². The van der Waals surface area contributed by atoms with Gasteiger partial charge in [0.05, 0.1) is 6.61 Å². The van der Waals surface area contributed by atoms with E-state index in [1.165, 1.54) is 6.08 Å². The molecule has 0 saturated heterocycles.